The van der Waals surface area contributed by atoms with Crippen LogP contribution in [0.5, 0.6) is 0 Å². The maximum atomic E-state index is 10.4. The lowest BCUT2D eigenvalue weighted by molar-refractivity contribution is -0.111. The summed E-state index contributed by atoms with van der Waals surface area (Å²) in [6.45, 7) is 9.50. The predicted octanol–water partition coefficient (Wildman–Crippen LogP) is 1.33. The topological polar surface area (TPSA) is 29.1 Å². The van der Waals surface area contributed by atoms with E-state index in [1.807, 2.05) is 20.8 Å². The highest BCUT2D eigenvalue weighted by Crippen LogP contribution is 2.17. The Hall–Kier alpha value is -0.790. The molecular weight excluding hydrogens is 126 g/mol. The molecule has 0 rings (SSSR count). The summed E-state index contributed by atoms with van der Waals surface area (Å²) in [6, 6.07) is -0.134. The van der Waals surface area contributed by atoms with E-state index in [2.05, 4.69) is 11.9 Å². The maximum absolute atomic E-state index is 10.4. The molecule has 2 nitrogen and oxygen atoms in total. The third kappa shape index (κ3) is 2.67. The van der Waals surface area contributed by atoms with Crippen molar-refractivity contribution in [3.63, 3.8) is 0 Å². The van der Waals surface area contributed by atoms with Crippen LogP contribution in [0.3, 0.4) is 0 Å². The first-order chi connectivity index (χ1) is 4.52. The lowest BCUT2D eigenvalue weighted by atomic mass is 9.88. The predicted molar refractivity (Wildman–Crippen MR) is 42.6 cm³/mol. The minimum Gasteiger partial charge on any atom is -0.382 e. The van der Waals surface area contributed by atoms with Gasteiger partial charge in [-0.2, -0.15) is 0 Å². The summed E-state index contributed by atoms with van der Waals surface area (Å²) in [5.74, 6) is 0. The van der Waals surface area contributed by atoms with E-state index in [4.69, 9.17) is 0 Å². The smallest absolute Gasteiger partial charge is 0.142 e. The minimum absolute atomic E-state index is 0.0318. The Morgan fingerprint density at radius 2 is 2.00 bits per heavy atom. The van der Waals surface area contributed by atoms with Crippen molar-refractivity contribution in [3.8, 4) is 0 Å². The molecule has 0 bridgehead atoms. The molecule has 1 N–H and O–H groups in total. The van der Waals surface area contributed by atoms with Crippen molar-refractivity contribution < 1.29 is 4.79 Å². The number of hydrogen-bond acceptors (Lipinski definition) is 2. The van der Waals surface area contributed by atoms with Crippen molar-refractivity contribution in [2.24, 2.45) is 5.41 Å². The van der Waals surface area contributed by atoms with Crippen LogP contribution in [-0.2, 0) is 4.79 Å². The van der Waals surface area contributed by atoms with Gasteiger partial charge in [0.1, 0.15) is 6.29 Å². The van der Waals surface area contributed by atoms with Gasteiger partial charge >= 0.3 is 0 Å². The lowest BCUT2D eigenvalue weighted by Gasteiger charge is -2.25. The second kappa shape index (κ2) is 3.40. The zero-order valence-electron chi connectivity index (χ0n) is 6.85. The van der Waals surface area contributed by atoms with E-state index in [9.17, 15) is 4.79 Å². The summed E-state index contributed by atoms with van der Waals surface area (Å²) in [4.78, 5) is 10.4. The molecule has 0 spiro atoms. The highest BCUT2D eigenvalue weighted by Gasteiger charge is 2.21. The van der Waals surface area contributed by atoms with Crippen LogP contribution in [0.2, 0.25) is 0 Å². The Morgan fingerprint density at radius 1 is 1.50 bits per heavy atom. The molecule has 0 aromatic carbocycles. The van der Waals surface area contributed by atoms with Gasteiger partial charge in [-0.05, 0) is 11.6 Å². The lowest BCUT2D eigenvalue weighted by Crippen LogP contribution is -2.38. The van der Waals surface area contributed by atoms with Crippen molar-refractivity contribution in [1.29, 1.82) is 0 Å². The molecule has 0 aliphatic rings. The Labute approximate surface area is 62.3 Å². The fourth-order valence-electron chi connectivity index (χ4n) is 0.620. The van der Waals surface area contributed by atoms with Gasteiger partial charge < -0.3 is 10.1 Å². The van der Waals surface area contributed by atoms with Crippen LogP contribution in [-0.4, -0.2) is 12.3 Å². The van der Waals surface area contributed by atoms with Crippen LogP contribution in [0.4, 0.5) is 0 Å². The van der Waals surface area contributed by atoms with E-state index in [0.29, 0.717) is 0 Å². The van der Waals surface area contributed by atoms with Gasteiger partial charge in [0.05, 0.1) is 6.04 Å². The van der Waals surface area contributed by atoms with Gasteiger partial charge in [-0.15, -0.1) is 0 Å². The molecule has 0 saturated heterocycles. The first kappa shape index (κ1) is 9.21. The van der Waals surface area contributed by atoms with Gasteiger partial charge in [-0.3, -0.25) is 0 Å². The van der Waals surface area contributed by atoms with Gasteiger partial charge in [0, 0.05) is 0 Å². The first-order valence-electron chi connectivity index (χ1n) is 3.34. The number of rotatable bonds is 3. The summed E-state index contributed by atoms with van der Waals surface area (Å²) in [7, 11) is 0. The van der Waals surface area contributed by atoms with Crippen LogP contribution in [0, 0.1) is 5.41 Å². The molecule has 0 aromatic rings. The largest absolute Gasteiger partial charge is 0.382 e. The molecule has 0 aromatic heterocycles. The zero-order valence-corrected chi connectivity index (χ0v) is 6.85. The van der Waals surface area contributed by atoms with Crippen LogP contribution in [0.25, 0.3) is 0 Å². The van der Waals surface area contributed by atoms with Gasteiger partial charge in [-0.1, -0.05) is 27.4 Å². The highest BCUT2D eigenvalue weighted by atomic mass is 16.1. The van der Waals surface area contributed by atoms with Gasteiger partial charge in [0.15, 0.2) is 0 Å². The van der Waals surface area contributed by atoms with E-state index in [-0.39, 0.29) is 11.5 Å². The molecule has 2 heteroatoms. The fraction of sp³-hybridized carbons (Fsp3) is 0.625. The van der Waals surface area contributed by atoms with Crippen molar-refractivity contribution in [2.75, 3.05) is 0 Å². The minimum atomic E-state index is -0.134. The molecule has 0 aliphatic heterocycles. The van der Waals surface area contributed by atoms with Gasteiger partial charge in [0.25, 0.3) is 0 Å². The van der Waals surface area contributed by atoms with E-state index in [1.54, 1.807) is 6.20 Å². The van der Waals surface area contributed by atoms with Crippen LogP contribution in [0.1, 0.15) is 20.8 Å². The van der Waals surface area contributed by atoms with E-state index in [1.165, 1.54) is 0 Å². The van der Waals surface area contributed by atoms with Gasteiger partial charge in [-0.25, -0.2) is 0 Å². The number of aldehydes is 1. The molecule has 0 heterocycles. The summed E-state index contributed by atoms with van der Waals surface area (Å²) in [5, 5.41) is 2.87. The number of hydrogen-bond donors (Lipinski definition) is 1. The Bertz CT molecular complexity index is 124. The number of nitrogens with one attached hydrogen (secondary N) is 1. The summed E-state index contributed by atoms with van der Waals surface area (Å²) in [6.07, 6.45) is 2.45. The quantitative estimate of drug-likeness (QED) is 0.601. The summed E-state index contributed by atoms with van der Waals surface area (Å²) >= 11 is 0. The maximum Gasteiger partial charge on any atom is 0.142 e. The molecule has 10 heavy (non-hydrogen) atoms. The average molecular weight is 141 g/mol. The standard InChI is InChI=1S/C8H15NO/c1-5-9-7(6-10)8(2,3)4/h5-7,9H,1H2,2-4H3. The van der Waals surface area contributed by atoms with E-state index in [0.717, 1.165) is 6.29 Å². The third-order valence-corrected chi connectivity index (χ3v) is 1.37. The molecular formula is C8H15NO. The van der Waals surface area contributed by atoms with Crippen LogP contribution in [0.15, 0.2) is 12.8 Å². The van der Waals surface area contributed by atoms with E-state index >= 15 is 0 Å². The van der Waals surface area contributed by atoms with Crippen molar-refractivity contribution in [3.05, 3.63) is 12.8 Å². The molecule has 58 valence electrons. The highest BCUT2D eigenvalue weighted by molar-refractivity contribution is 5.59. The molecule has 0 fully saturated rings. The third-order valence-electron chi connectivity index (χ3n) is 1.37. The fourth-order valence-corrected chi connectivity index (χ4v) is 0.620. The Balaban J connectivity index is 4.05. The van der Waals surface area contributed by atoms with Crippen LogP contribution < -0.4 is 5.32 Å². The SMILES string of the molecule is C=CNC(C=O)C(C)(C)C. The second-order valence-corrected chi connectivity index (χ2v) is 3.35. The van der Waals surface area contributed by atoms with Gasteiger partial charge in [0.2, 0.25) is 0 Å². The Kier molecular flexibility index (Phi) is 3.13. The number of carbonyl (C=O) groups excluding carboxylic acids is 1. The normalized spacial score (nSPS) is 13.9. The molecule has 1 atom stereocenters. The van der Waals surface area contributed by atoms with Crippen molar-refractivity contribution in [1.82, 2.24) is 5.32 Å². The molecule has 0 amide bonds. The second-order valence-electron chi connectivity index (χ2n) is 3.35. The first-order valence-corrected chi connectivity index (χ1v) is 3.34. The van der Waals surface area contributed by atoms with Crippen LogP contribution >= 0.6 is 0 Å². The molecule has 0 radical (unpaired) electrons. The zero-order chi connectivity index (χ0) is 8.20. The Morgan fingerprint density at radius 3 is 2.10 bits per heavy atom. The van der Waals surface area contributed by atoms with E-state index < -0.39 is 0 Å². The van der Waals surface area contributed by atoms with Crippen molar-refractivity contribution >= 4 is 6.29 Å². The average Bonchev–Trinajstić information content (AvgIpc) is 1.80. The number of carbonyl (C=O) groups is 1. The van der Waals surface area contributed by atoms with Crippen molar-refractivity contribution in [2.45, 2.75) is 26.8 Å². The molecule has 0 saturated carbocycles. The molecule has 1 unspecified atom stereocenters. The molecule has 0 aliphatic carbocycles. The summed E-state index contributed by atoms with van der Waals surface area (Å²) in [5.41, 5.74) is -0.0318. The summed E-state index contributed by atoms with van der Waals surface area (Å²) < 4.78 is 0. The monoisotopic (exact) mass is 141 g/mol.